The van der Waals surface area contributed by atoms with E-state index in [1.807, 2.05) is 6.20 Å². The van der Waals surface area contributed by atoms with Crippen LogP contribution in [0.2, 0.25) is 0 Å². The number of hydrogen-bond acceptors (Lipinski definition) is 4. The summed E-state index contributed by atoms with van der Waals surface area (Å²) in [6.07, 6.45) is 4.99. The Labute approximate surface area is 108 Å². The maximum atomic E-state index is 6.13. The lowest BCUT2D eigenvalue weighted by atomic mass is 9.79. The molecule has 5 heteroatoms. The van der Waals surface area contributed by atoms with Crippen molar-refractivity contribution >= 4 is 0 Å². The van der Waals surface area contributed by atoms with Gasteiger partial charge in [-0.2, -0.15) is 0 Å². The smallest absolute Gasteiger partial charge is 0.122 e. The average molecular weight is 250 g/mol. The summed E-state index contributed by atoms with van der Waals surface area (Å²) in [7, 11) is 0. The normalized spacial score (nSPS) is 33.3. The summed E-state index contributed by atoms with van der Waals surface area (Å²) >= 11 is 0. The molecule has 5 nitrogen and oxygen atoms in total. The lowest BCUT2D eigenvalue weighted by Crippen LogP contribution is -2.62. The molecule has 2 unspecified atom stereocenters. The molecule has 2 aliphatic heterocycles. The van der Waals surface area contributed by atoms with Crippen molar-refractivity contribution < 1.29 is 4.74 Å². The van der Waals surface area contributed by atoms with Gasteiger partial charge in [-0.15, -0.1) is 0 Å². The monoisotopic (exact) mass is 250 g/mol. The quantitative estimate of drug-likeness (QED) is 0.828. The Morgan fingerprint density at radius 1 is 1.56 bits per heavy atom. The number of imidazole rings is 1. The molecule has 2 atom stereocenters. The van der Waals surface area contributed by atoms with Crippen LogP contribution in [0.4, 0.5) is 0 Å². The molecule has 18 heavy (non-hydrogen) atoms. The molecule has 0 radical (unpaired) electrons. The fraction of sp³-hybridized carbons (Fsp3) is 0.769. The first-order chi connectivity index (χ1) is 8.76. The van der Waals surface area contributed by atoms with E-state index in [0.29, 0.717) is 12.5 Å². The van der Waals surface area contributed by atoms with E-state index < -0.39 is 0 Å². The summed E-state index contributed by atoms with van der Waals surface area (Å²) in [5, 5.41) is 0. The van der Waals surface area contributed by atoms with Gasteiger partial charge in [0.25, 0.3) is 0 Å². The molecule has 1 aromatic rings. The van der Waals surface area contributed by atoms with Crippen LogP contribution in [-0.4, -0.2) is 46.3 Å². The summed E-state index contributed by atoms with van der Waals surface area (Å²) in [5.41, 5.74) is 6.22. The number of fused-ring (bicyclic) bond motifs is 1. The van der Waals surface area contributed by atoms with Crippen molar-refractivity contribution in [1.29, 1.82) is 0 Å². The van der Waals surface area contributed by atoms with Gasteiger partial charge in [0.15, 0.2) is 0 Å². The molecule has 0 saturated carbocycles. The van der Waals surface area contributed by atoms with Crippen LogP contribution >= 0.6 is 0 Å². The molecule has 0 bridgehead atoms. The fourth-order valence-corrected chi connectivity index (χ4v) is 3.37. The average Bonchev–Trinajstić information content (AvgIpc) is 2.87. The predicted molar refractivity (Wildman–Crippen MR) is 69.0 cm³/mol. The second-order valence-corrected chi connectivity index (χ2v) is 5.49. The summed E-state index contributed by atoms with van der Waals surface area (Å²) in [4.78, 5) is 6.97. The van der Waals surface area contributed by atoms with E-state index in [-0.39, 0.29) is 5.54 Å². The third kappa shape index (κ3) is 1.77. The molecule has 1 aromatic heterocycles. The van der Waals surface area contributed by atoms with Gasteiger partial charge in [-0.05, 0) is 12.3 Å². The molecule has 1 saturated heterocycles. The van der Waals surface area contributed by atoms with Crippen LogP contribution in [0.3, 0.4) is 0 Å². The summed E-state index contributed by atoms with van der Waals surface area (Å²) in [6, 6.07) is 0. The zero-order valence-corrected chi connectivity index (χ0v) is 11.0. The summed E-state index contributed by atoms with van der Waals surface area (Å²) < 4.78 is 7.82. The molecule has 3 rings (SSSR count). The van der Waals surface area contributed by atoms with E-state index in [9.17, 15) is 0 Å². The van der Waals surface area contributed by atoms with Crippen molar-refractivity contribution in [2.24, 2.45) is 11.7 Å². The van der Waals surface area contributed by atoms with Crippen LogP contribution in [0.1, 0.15) is 19.2 Å². The Balaban J connectivity index is 1.85. The van der Waals surface area contributed by atoms with Gasteiger partial charge in [-0.3, -0.25) is 4.90 Å². The largest absolute Gasteiger partial charge is 0.381 e. The Kier molecular flexibility index (Phi) is 3.13. The van der Waals surface area contributed by atoms with Gasteiger partial charge in [-0.1, -0.05) is 6.92 Å². The highest BCUT2D eigenvalue weighted by atomic mass is 16.5. The molecule has 0 spiro atoms. The minimum Gasteiger partial charge on any atom is -0.381 e. The second kappa shape index (κ2) is 4.64. The molecule has 2 aliphatic rings. The van der Waals surface area contributed by atoms with Gasteiger partial charge in [0.2, 0.25) is 0 Å². The van der Waals surface area contributed by atoms with Crippen molar-refractivity contribution in [3.8, 4) is 0 Å². The number of nitrogens with two attached hydrogens (primary N) is 1. The number of aromatic nitrogens is 2. The third-order valence-electron chi connectivity index (χ3n) is 4.69. The molecular weight excluding hydrogens is 228 g/mol. The van der Waals surface area contributed by atoms with Crippen molar-refractivity contribution in [3.05, 3.63) is 18.2 Å². The van der Waals surface area contributed by atoms with E-state index in [2.05, 4.69) is 27.6 Å². The van der Waals surface area contributed by atoms with E-state index in [1.165, 1.54) is 0 Å². The van der Waals surface area contributed by atoms with Crippen LogP contribution in [0, 0.1) is 5.92 Å². The SMILES string of the molecule is CC1COCCC1(CN)N1CCn2ccnc2C1. The van der Waals surface area contributed by atoms with E-state index in [1.54, 1.807) is 0 Å². The van der Waals surface area contributed by atoms with Crippen LogP contribution in [-0.2, 0) is 17.8 Å². The molecular formula is C13H22N4O. The predicted octanol–water partition coefficient (Wildman–Crippen LogP) is 0.453. The van der Waals surface area contributed by atoms with Crippen LogP contribution in [0.15, 0.2) is 12.4 Å². The fourth-order valence-electron chi connectivity index (χ4n) is 3.37. The molecule has 0 amide bonds. The van der Waals surface area contributed by atoms with E-state index >= 15 is 0 Å². The lowest BCUT2D eigenvalue weighted by Gasteiger charge is -2.50. The van der Waals surface area contributed by atoms with Gasteiger partial charge in [-0.25, -0.2) is 4.98 Å². The first-order valence-corrected chi connectivity index (χ1v) is 6.79. The number of nitrogens with zero attached hydrogens (tertiary/aromatic N) is 3. The Hall–Kier alpha value is -0.910. The maximum absolute atomic E-state index is 6.13. The maximum Gasteiger partial charge on any atom is 0.122 e. The van der Waals surface area contributed by atoms with Crippen LogP contribution in [0.25, 0.3) is 0 Å². The highest BCUT2D eigenvalue weighted by molar-refractivity contribution is 5.04. The molecule has 0 aromatic carbocycles. The Bertz CT molecular complexity index is 419. The van der Waals surface area contributed by atoms with Gasteiger partial charge in [0, 0.05) is 44.2 Å². The van der Waals surface area contributed by atoms with Gasteiger partial charge < -0.3 is 15.0 Å². The first kappa shape index (κ1) is 12.1. The highest BCUT2D eigenvalue weighted by Gasteiger charge is 2.43. The Morgan fingerprint density at radius 2 is 2.44 bits per heavy atom. The van der Waals surface area contributed by atoms with E-state index in [4.69, 9.17) is 10.5 Å². The van der Waals surface area contributed by atoms with Crippen molar-refractivity contribution in [3.63, 3.8) is 0 Å². The van der Waals surface area contributed by atoms with E-state index in [0.717, 1.165) is 45.1 Å². The highest BCUT2D eigenvalue weighted by Crippen LogP contribution is 2.34. The minimum absolute atomic E-state index is 0.0927. The minimum atomic E-state index is 0.0927. The Morgan fingerprint density at radius 3 is 3.22 bits per heavy atom. The molecule has 2 N–H and O–H groups in total. The van der Waals surface area contributed by atoms with Crippen LogP contribution < -0.4 is 5.73 Å². The second-order valence-electron chi connectivity index (χ2n) is 5.49. The summed E-state index contributed by atoms with van der Waals surface area (Å²) in [6.45, 7) is 7.60. The standard InChI is InChI=1S/C13H22N4O/c1-11-9-18-7-2-13(11,10-14)17-6-5-16-4-3-15-12(16)8-17/h3-4,11H,2,5-10,14H2,1H3. The zero-order chi connectivity index (χ0) is 12.6. The molecule has 1 fully saturated rings. The van der Waals surface area contributed by atoms with Gasteiger partial charge >= 0.3 is 0 Å². The van der Waals surface area contributed by atoms with Gasteiger partial charge in [0.1, 0.15) is 5.82 Å². The van der Waals surface area contributed by atoms with Crippen molar-refractivity contribution in [1.82, 2.24) is 14.5 Å². The van der Waals surface area contributed by atoms with Crippen molar-refractivity contribution in [2.75, 3.05) is 26.3 Å². The molecule has 0 aliphatic carbocycles. The molecule has 3 heterocycles. The lowest BCUT2D eigenvalue weighted by molar-refractivity contribution is -0.0760. The zero-order valence-electron chi connectivity index (χ0n) is 11.0. The third-order valence-corrected chi connectivity index (χ3v) is 4.69. The number of hydrogen-bond donors (Lipinski definition) is 1. The van der Waals surface area contributed by atoms with Crippen molar-refractivity contribution in [2.45, 2.75) is 32.0 Å². The number of rotatable bonds is 2. The summed E-state index contributed by atoms with van der Waals surface area (Å²) in [5.74, 6) is 1.64. The van der Waals surface area contributed by atoms with Gasteiger partial charge in [0.05, 0.1) is 13.2 Å². The van der Waals surface area contributed by atoms with Crippen LogP contribution in [0.5, 0.6) is 0 Å². The first-order valence-electron chi connectivity index (χ1n) is 6.79. The topological polar surface area (TPSA) is 56.3 Å². The molecule has 100 valence electrons. The number of ether oxygens (including phenoxy) is 1.